The second kappa shape index (κ2) is 6.90. The van der Waals surface area contributed by atoms with Gasteiger partial charge in [-0.3, -0.25) is 4.90 Å². The van der Waals surface area contributed by atoms with Crippen LogP contribution in [0.15, 0.2) is 5.38 Å². The van der Waals surface area contributed by atoms with E-state index in [0.717, 1.165) is 25.6 Å². The topological polar surface area (TPSA) is 28.2 Å². The van der Waals surface area contributed by atoms with Crippen molar-refractivity contribution in [2.24, 2.45) is 0 Å². The fourth-order valence-electron chi connectivity index (χ4n) is 2.02. The lowest BCUT2D eigenvalue weighted by molar-refractivity contribution is 0.233. The highest BCUT2D eigenvalue weighted by molar-refractivity contribution is 7.09. The highest BCUT2D eigenvalue weighted by Gasteiger charge is 2.26. The molecule has 2 fully saturated rings. The number of hydrogen-bond acceptors (Lipinski definition) is 4. The normalized spacial score (nSPS) is 20.5. The lowest BCUT2D eigenvalue weighted by Gasteiger charge is -2.26. The molecule has 1 saturated carbocycles. The molecule has 3 nitrogen and oxygen atoms in total. The molecule has 2 heterocycles. The fraction of sp³-hybridized carbons (Fsp3) is 0.727. The lowest BCUT2D eigenvalue weighted by atomic mass is 10.3. The Morgan fingerprint density at radius 3 is 2.65 bits per heavy atom. The molecule has 2 aliphatic rings. The average Bonchev–Trinajstić information content (AvgIpc) is 3.02. The lowest BCUT2D eigenvalue weighted by Crippen LogP contribution is -2.42. The van der Waals surface area contributed by atoms with E-state index >= 15 is 0 Å². The molecule has 1 aliphatic heterocycles. The zero-order valence-corrected chi connectivity index (χ0v) is 12.2. The zero-order chi connectivity index (χ0) is 10.1. The van der Waals surface area contributed by atoms with Gasteiger partial charge in [-0.2, -0.15) is 0 Å². The quantitative estimate of drug-likeness (QED) is 0.927. The molecule has 3 rings (SSSR count). The van der Waals surface area contributed by atoms with Crippen LogP contribution in [-0.2, 0) is 6.54 Å². The van der Waals surface area contributed by atoms with Gasteiger partial charge in [0.2, 0.25) is 0 Å². The van der Waals surface area contributed by atoms with Crippen molar-refractivity contribution in [2.75, 3.05) is 26.2 Å². The third kappa shape index (κ3) is 4.07. The molecule has 17 heavy (non-hydrogen) atoms. The molecule has 0 bridgehead atoms. The number of nitrogens with one attached hydrogen (secondary N) is 1. The van der Waals surface area contributed by atoms with Gasteiger partial charge in [-0.15, -0.1) is 36.2 Å². The van der Waals surface area contributed by atoms with E-state index in [1.54, 1.807) is 0 Å². The van der Waals surface area contributed by atoms with Crippen molar-refractivity contribution < 1.29 is 0 Å². The molecule has 0 aromatic carbocycles. The van der Waals surface area contributed by atoms with Crippen LogP contribution in [0.1, 0.15) is 29.5 Å². The van der Waals surface area contributed by atoms with E-state index in [1.165, 1.54) is 36.6 Å². The number of thiazole rings is 1. The Bertz CT molecular complexity index is 335. The average molecular weight is 296 g/mol. The fourth-order valence-corrected chi connectivity index (χ4v) is 2.94. The summed E-state index contributed by atoms with van der Waals surface area (Å²) in [5.74, 6) is 0.804. The van der Waals surface area contributed by atoms with Crippen molar-refractivity contribution in [3.05, 3.63) is 16.1 Å². The standard InChI is InChI=1S/C11H17N3S.2ClH/c1-2-9(1)10-8-15-11(13-10)7-14-5-3-12-4-6-14;;/h8-9,12H,1-7H2;2*1H. The first-order chi connectivity index (χ1) is 7.42. The summed E-state index contributed by atoms with van der Waals surface area (Å²) in [7, 11) is 0. The van der Waals surface area contributed by atoms with Gasteiger partial charge in [-0.05, 0) is 12.8 Å². The van der Waals surface area contributed by atoms with Crippen molar-refractivity contribution in [1.82, 2.24) is 15.2 Å². The monoisotopic (exact) mass is 295 g/mol. The molecule has 0 amide bonds. The van der Waals surface area contributed by atoms with Crippen LogP contribution >= 0.6 is 36.2 Å². The number of halogens is 2. The molecule has 1 N–H and O–H groups in total. The van der Waals surface area contributed by atoms with Crippen molar-refractivity contribution in [2.45, 2.75) is 25.3 Å². The smallest absolute Gasteiger partial charge is 0.107 e. The van der Waals surface area contributed by atoms with E-state index in [4.69, 9.17) is 4.98 Å². The van der Waals surface area contributed by atoms with E-state index in [0.29, 0.717) is 0 Å². The van der Waals surface area contributed by atoms with Crippen LogP contribution < -0.4 is 5.32 Å². The predicted molar refractivity (Wildman–Crippen MR) is 76.7 cm³/mol. The summed E-state index contributed by atoms with van der Waals surface area (Å²) < 4.78 is 0. The first kappa shape index (κ1) is 15.2. The van der Waals surface area contributed by atoms with E-state index in [1.807, 2.05) is 11.3 Å². The maximum absolute atomic E-state index is 4.72. The van der Waals surface area contributed by atoms with Gasteiger partial charge >= 0.3 is 0 Å². The van der Waals surface area contributed by atoms with Gasteiger partial charge in [0.1, 0.15) is 5.01 Å². The van der Waals surface area contributed by atoms with Gasteiger partial charge in [0.05, 0.1) is 12.2 Å². The first-order valence-electron chi connectivity index (χ1n) is 5.79. The number of rotatable bonds is 3. The van der Waals surface area contributed by atoms with E-state index < -0.39 is 0 Å². The first-order valence-corrected chi connectivity index (χ1v) is 6.67. The highest BCUT2D eigenvalue weighted by atomic mass is 35.5. The Morgan fingerprint density at radius 1 is 1.29 bits per heavy atom. The van der Waals surface area contributed by atoms with Gasteiger partial charge in [0, 0.05) is 37.5 Å². The van der Waals surface area contributed by atoms with Crippen LogP contribution in [0.2, 0.25) is 0 Å². The Morgan fingerprint density at radius 2 is 2.00 bits per heavy atom. The Balaban J connectivity index is 0.000000722. The second-order valence-corrected chi connectivity index (χ2v) is 5.41. The summed E-state index contributed by atoms with van der Waals surface area (Å²) in [4.78, 5) is 7.21. The minimum Gasteiger partial charge on any atom is -0.314 e. The zero-order valence-electron chi connectivity index (χ0n) is 9.72. The summed E-state index contributed by atoms with van der Waals surface area (Å²) in [6, 6.07) is 0. The van der Waals surface area contributed by atoms with Gasteiger partial charge in [-0.1, -0.05) is 0 Å². The molecule has 1 saturated heterocycles. The molecule has 0 atom stereocenters. The van der Waals surface area contributed by atoms with Gasteiger partial charge in [-0.25, -0.2) is 4.98 Å². The van der Waals surface area contributed by atoms with Gasteiger partial charge < -0.3 is 5.32 Å². The van der Waals surface area contributed by atoms with Crippen LogP contribution in [0.5, 0.6) is 0 Å². The number of piperazine rings is 1. The van der Waals surface area contributed by atoms with Crippen LogP contribution in [0.25, 0.3) is 0 Å². The summed E-state index contributed by atoms with van der Waals surface area (Å²) in [5.41, 5.74) is 1.35. The predicted octanol–water partition coefficient (Wildman–Crippen LogP) is 2.27. The highest BCUT2D eigenvalue weighted by Crippen LogP contribution is 2.40. The molecule has 1 aromatic rings. The third-order valence-corrected chi connectivity index (χ3v) is 3.99. The molecule has 98 valence electrons. The van der Waals surface area contributed by atoms with E-state index in [9.17, 15) is 0 Å². The maximum atomic E-state index is 4.72. The SMILES string of the molecule is Cl.Cl.c1sc(CN2CCNCC2)nc1C1CC1. The minimum atomic E-state index is 0. The van der Waals surface area contributed by atoms with Crippen molar-refractivity contribution in [1.29, 1.82) is 0 Å². The molecule has 1 aromatic heterocycles. The summed E-state index contributed by atoms with van der Waals surface area (Å²) >= 11 is 1.84. The Labute approximate surface area is 119 Å². The van der Waals surface area contributed by atoms with Crippen LogP contribution in [0, 0.1) is 0 Å². The second-order valence-electron chi connectivity index (χ2n) is 4.47. The van der Waals surface area contributed by atoms with Crippen molar-refractivity contribution >= 4 is 36.2 Å². The molecule has 6 heteroatoms. The third-order valence-electron chi connectivity index (χ3n) is 3.13. The number of aromatic nitrogens is 1. The molecular weight excluding hydrogens is 277 g/mol. The van der Waals surface area contributed by atoms with Crippen molar-refractivity contribution in [3.8, 4) is 0 Å². The molecule has 1 aliphatic carbocycles. The Kier molecular flexibility index (Phi) is 6.17. The number of hydrogen-bond donors (Lipinski definition) is 1. The summed E-state index contributed by atoms with van der Waals surface area (Å²) in [5, 5.41) is 6.94. The summed E-state index contributed by atoms with van der Waals surface area (Å²) in [6.07, 6.45) is 2.72. The minimum absolute atomic E-state index is 0. The maximum Gasteiger partial charge on any atom is 0.107 e. The van der Waals surface area contributed by atoms with Crippen LogP contribution in [0.4, 0.5) is 0 Å². The molecule has 0 radical (unpaired) electrons. The summed E-state index contributed by atoms with van der Waals surface area (Å²) in [6.45, 7) is 5.64. The number of nitrogens with zero attached hydrogens (tertiary/aromatic N) is 2. The van der Waals surface area contributed by atoms with Crippen LogP contribution in [0.3, 0.4) is 0 Å². The van der Waals surface area contributed by atoms with Gasteiger partial charge in [0.25, 0.3) is 0 Å². The Hall–Kier alpha value is 0.130. The largest absolute Gasteiger partial charge is 0.314 e. The van der Waals surface area contributed by atoms with Crippen molar-refractivity contribution in [3.63, 3.8) is 0 Å². The van der Waals surface area contributed by atoms with E-state index in [2.05, 4.69) is 15.6 Å². The molecule has 0 unspecified atom stereocenters. The van der Waals surface area contributed by atoms with Gasteiger partial charge in [0.15, 0.2) is 0 Å². The van der Waals surface area contributed by atoms with Crippen LogP contribution in [-0.4, -0.2) is 36.1 Å². The molecular formula is C11H19Cl2N3S. The molecule has 0 spiro atoms. The van der Waals surface area contributed by atoms with E-state index in [-0.39, 0.29) is 24.8 Å².